The Hall–Kier alpha value is -1.84. The molecule has 20 heavy (non-hydrogen) atoms. The summed E-state index contributed by atoms with van der Waals surface area (Å²) in [4.78, 5) is 0. The normalized spacial score (nSPS) is 13.8. The summed E-state index contributed by atoms with van der Waals surface area (Å²) >= 11 is 0. The number of hydrogen-bond donors (Lipinski definition) is 2. The number of aliphatic hydroxyl groups excluding tert-OH is 1. The fourth-order valence-electron chi connectivity index (χ4n) is 1.83. The van der Waals surface area contributed by atoms with Crippen molar-refractivity contribution in [1.82, 2.24) is 0 Å². The molecule has 2 rings (SSSR count). The highest BCUT2D eigenvalue weighted by Crippen LogP contribution is 2.16. The Balaban J connectivity index is 1.93. The predicted molar refractivity (Wildman–Crippen MR) is 80.9 cm³/mol. The van der Waals surface area contributed by atoms with Gasteiger partial charge in [-0.3, -0.25) is 0 Å². The van der Waals surface area contributed by atoms with Gasteiger partial charge in [-0.25, -0.2) is 0 Å². The summed E-state index contributed by atoms with van der Waals surface area (Å²) < 4.78 is 5.58. The molecule has 3 N–H and O–H groups in total. The second-order valence-electron chi connectivity index (χ2n) is 5.41. The SMILES string of the molecule is CC(N)(CO)COc1ccc(Cc2ccccc2)cc1. The van der Waals surface area contributed by atoms with Gasteiger partial charge in [0.1, 0.15) is 12.4 Å². The van der Waals surface area contributed by atoms with Crippen molar-refractivity contribution in [1.29, 1.82) is 0 Å². The topological polar surface area (TPSA) is 55.5 Å². The van der Waals surface area contributed by atoms with Crippen molar-refractivity contribution in [2.75, 3.05) is 13.2 Å². The van der Waals surface area contributed by atoms with Crippen LogP contribution in [0, 0.1) is 0 Å². The molecule has 0 fully saturated rings. The molecule has 2 aromatic carbocycles. The highest BCUT2D eigenvalue weighted by Gasteiger charge is 2.17. The van der Waals surface area contributed by atoms with Crippen LogP contribution in [0.4, 0.5) is 0 Å². The Kier molecular flexibility index (Phi) is 4.77. The quantitative estimate of drug-likeness (QED) is 0.848. The molecule has 106 valence electrons. The van der Waals surface area contributed by atoms with Crippen molar-refractivity contribution in [2.24, 2.45) is 5.73 Å². The van der Waals surface area contributed by atoms with Crippen LogP contribution in [-0.2, 0) is 6.42 Å². The summed E-state index contributed by atoms with van der Waals surface area (Å²) in [5, 5.41) is 9.08. The van der Waals surface area contributed by atoms with Crippen molar-refractivity contribution in [3.05, 3.63) is 65.7 Å². The van der Waals surface area contributed by atoms with E-state index in [9.17, 15) is 0 Å². The third-order valence-electron chi connectivity index (χ3n) is 3.10. The van der Waals surface area contributed by atoms with E-state index in [4.69, 9.17) is 15.6 Å². The second kappa shape index (κ2) is 6.55. The maximum absolute atomic E-state index is 9.08. The zero-order valence-corrected chi connectivity index (χ0v) is 11.8. The number of rotatable bonds is 6. The molecule has 0 spiro atoms. The first-order valence-corrected chi connectivity index (χ1v) is 6.74. The summed E-state index contributed by atoms with van der Waals surface area (Å²) in [6.45, 7) is 1.96. The van der Waals surface area contributed by atoms with Gasteiger partial charge in [-0.2, -0.15) is 0 Å². The van der Waals surface area contributed by atoms with E-state index >= 15 is 0 Å². The zero-order chi connectivity index (χ0) is 14.4. The summed E-state index contributed by atoms with van der Waals surface area (Å²) in [6.07, 6.45) is 0.909. The van der Waals surface area contributed by atoms with Gasteiger partial charge in [0.25, 0.3) is 0 Å². The third-order valence-corrected chi connectivity index (χ3v) is 3.10. The Labute approximate surface area is 120 Å². The number of ether oxygens (including phenoxy) is 1. The van der Waals surface area contributed by atoms with Gasteiger partial charge in [0.2, 0.25) is 0 Å². The number of aliphatic hydroxyl groups is 1. The van der Waals surface area contributed by atoms with Gasteiger partial charge in [0.05, 0.1) is 12.1 Å². The zero-order valence-electron chi connectivity index (χ0n) is 11.8. The lowest BCUT2D eigenvalue weighted by atomic mass is 10.1. The minimum absolute atomic E-state index is 0.0981. The van der Waals surface area contributed by atoms with E-state index in [0.717, 1.165) is 12.2 Å². The Morgan fingerprint density at radius 2 is 1.60 bits per heavy atom. The highest BCUT2D eigenvalue weighted by atomic mass is 16.5. The Morgan fingerprint density at radius 3 is 2.20 bits per heavy atom. The van der Waals surface area contributed by atoms with Crippen molar-refractivity contribution < 1.29 is 9.84 Å². The van der Waals surface area contributed by atoms with Crippen molar-refractivity contribution in [3.63, 3.8) is 0 Å². The van der Waals surface area contributed by atoms with Crippen LogP contribution in [0.1, 0.15) is 18.1 Å². The molecule has 2 aromatic rings. The predicted octanol–water partition coefficient (Wildman–Crippen LogP) is 2.37. The number of hydrogen-bond acceptors (Lipinski definition) is 3. The van der Waals surface area contributed by atoms with Gasteiger partial charge in [-0.1, -0.05) is 42.5 Å². The second-order valence-corrected chi connectivity index (χ2v) is 5.41. The largest absolute Gasteiger partial charge is 0.492 e. The molecule has 1 atom stereocenters. The first kappa shape index (κ1) is 14.6. The average molecular weight is 271 g/mol. The molecule has 3 nitrogen and oxygen atoms in total. The van der Waals surface area contributed by atoms with E-state index in [1.807, 2.05) is 30.3 Å². The first-order chi connectivity index (χ1) is 9.59. The van der Waals surface area contributed by atoms with Crippen LogP contribution in [0.2, 0.25) is 0 Å². The lowest BCUT2D eigenvalue weighted by molar-refractivity contribution is 0.146. The molecule has 0 radical (unpaired) electrons. The molecule has 0 aliphatic carbocycles. The molecule has 0 amide bonds. The van der Waals surface area contributed by atoms with E-state index in [0.29, 0.717) is 6.61 Å². The van der Waals surface area contributed by atoms with Crippen LogP contribution in [0.3, 0.4) is 0 Å². The number of nitrogens with two attached hydrogens (primary N) is 1. The van der Waals surface area contributed by atoms with Gasteiger partial charge in [0, 0.05) is 0 Å². The van der Waals surface area contributed by atoms with Crippen molar-refractivity contribution >= 4 is 0 Å². The van der Waals surface area contributed by atoms with Gasteiger partial charge in [-0.05, 0) is 36.6 Å². The van der Waals surface area contributed by atoms with Gasteiger partial charge in [-0.15, -0.1) is 0 Å². The first-order valence-electron chi connectivity index (χ1n) is 6.74. The lowest BCUT2D eigenvalue weighted by Crippen LogP contribution is -2.45. The summed E-state index contributed by atoms with van der Waals surface area (Å²) in [7, 11) is 0. The van der Waals surface area contributed by atoms with Crippen LogP contribution in [0.5, 0.6) is 5.75 Å². The molecule has 0 heterocycles. The van der Waals surface area contributed by atoms with Crippen molar-refractivity contribution in [2.45, 2.75) is 18.9 Å². The molecule has 0 aromatic heterocycles. The monoisotopic (exact) mass is 271 g/mol. The molecule has 0 saturated carbocycles. The van der Waals surface area contributed by atoms with Crippen LogP contribution >= 0.6 is 0 Å². The van der Waals surface area contributed by atoms with Crippen LogP contribution in [0.25, 0.3) is 0 Å². The maximum Gasteiger partial charge on any atom is 0.119 e. The molecular weight excluding hydrogens is 250 g/mol. The van der Waals surface area contributed by atoms with Gasteiger partial charge < -0.3 is 15.6 Å². The number of benzene rings is 2. The molecule has 0 bridgehead atoms. The Bertz CT molecular complexity index is 520. The van der Waals surface area contributed by atoms with E-state index in [1.165, 1.54) is 11.1 Å². The minimum Gasteiger partial charge on any atom is -0.492 e. The Morgan fingerprint density at radius 1 is 1.00 bits per heavy atom. The van der Waals surface area contributed by atoms with E-state index in [-0.39, 0.29) is 6.61 Å². The van der Waals surface area contributed by atoms with Crippen LogP contribution < -0.4 is 10.5 Å². The van der Waals surface area contributed by atoms with Gasteiger partial charge >= 0.3 is 0 Å². The van der Waals surface area contributed by atoms with Crippen molar-refractivity contribution in [3.8, 4) is 5.75 Å². The molecular formula is C17H21NO2. The summed E-state index contributed by atoms with van der Waals surface area (Å²) in [5.41, 5.74) is 7.64. The third kappa shape index (κ3) is 4.37. The van der Waals surface area contributed by atoms with Crippen LogP contribution in [0.15, 0.2) is 54.6 Å². The minimum atomic E-state index is -0.706. The smallest absolute Gasteiger partial charge is 0.119 e. The van der Waals surface area contributed by atoms with E-state index in [1.54, 1.807) is 6.92 Å². The highest BCUT2D eigenvalue weighted by molar-refractivity contribution is 5.31. The van der Waals surface area contributed by atoms with Crippen LogP contribution in [-0.4, -0.2) is 23.9 Å². The standard InChI is InChI=1S/C17H21NO2/c1-17(18,12-19)13-20-16-9-7-15(8-10-16)11-14-5-3-2-4-6-14/h2-10,19H,11-13,18H2,1H3. The fraction of sp³-hybridized carbons (Fsp3) is 0.294. The molecule has 3 heteroatoms. The summed E-state index contributed by atoms with van der Waals surface area (Å²) in [6, 6.07) is 18.3. The molecule has 0 aliphatic heterocycles. The average Bonchev–Trinajstić information content (AvgIpc) is 2.48. The van der Waals surface area contributed by atoms with E-state index < -0.39 is 5.54 Å². The lowest BCUT2D eigenvalue weighted by Gasteiger charge is -2.21. The fourth-order valence-corrected chi connectivity index (χ4v) is 1.83. The molecule has 1 unspecified atom stereocenters. The molecule has 0 aliphatic rings. The molecule has 0 saturated heterocycles. The van der Waals surface area contributed by atoms with E-state index in [2.05, 4.69) is 24.3 Å². The summed E-state index contributed by atoms with van der Waals surface area (Å²) in [5.74, 6) is 0.770. The van der Waals surface area contributed by atoms with Gasteiger partial charge in [0.15, 0.2) is 0 Å². The maximum atomic E-state index is 9.08.